The molecule has 1 aromatic heterocycles. The minimum absolute atomic E-state index is 0.0932. The predicted molar refractivity (Wildman–Crippen MR) is 135 cm³/mol. The van der Waals surface area contributed by atoms with E-state index in [2.05, 4.69) is 52.0 Å². The normalized spacial score (nSPS) is 15.4. The second kappa shape index (κ2) is 9.61. The molecule has 0 spiro atoms. The van der Waals surface area contributed by atoms with Crippen LogP contribution in [0.4, 0.5) is 0 Å². The lowest BCUT2D eigenvalue weighted by Crippen LogP contribution is -2.40. The molecular weight excluding hydrogens is 446 g/mol. The summed E-state index contributed by atoms with van der Waals surface area (Å²) in [6, 6.07) is 24.2. The number of carbonyl (C=O) groups excluding carboxylic acids is 1. The summed E-state index contributed by atoms with van der Waals surface area (Å²) < 4.78 is 1.57. The van der Waals surface area contributed by atoms with E-state index >= 15 is 0 Å². The van der Waals surface area contributed by atoms with Crippen LogP contribution in [0.25, 0.3) is 16.5 Å². The molecule has 0 radical (unpaired) electrons. The zero-order chi connectivity index (χ0) is 23.5. The molecule has 1 aliphatic heterocycles. The number of fused-ring (bicyclic) bond motifs is 1. The molecule has 0 unspecified atom stereocenters. The maximum atomic E-state index is 13.4. The summed E-state index contributed by atoms with van der Waals surface area (Å²) in [5.74, 6) is 0.0628. The average molecular weight is 472 g/mol. The van der Waals surface area contributed by atoms with Crippen LogP contribution in [0.1, 0.15) is 30.5 Å². The van der Waals surface area contributed by atoms with E-state index < -0.39 is 0 Å². The molecule has 1 amide bonds. The number of aromatic nitrogens is 3. The molecule has 2 heterocycles. The van der Waals surface area contributed by atoms with Crippen LogP contribution in [-0.2, 0) is 11.3 Å². The molecule has 0 fully saturated rings. The Hall–Kier alpha value is -3.78. The minimum Gasteiger partial charge on any atom is -0.295 e. The maximum Gasteiger partial charge on any atom is 0.343 e. The lowest BCUT2D eigenvalue weighted by atomic mass is 10.0. The van der Waals surface area contributed by atoms with Gasteiger partial charge in [-0.25, -0.2) is 14.9 Å². The highest BCUT2D eigenvalue weighted by atomic mass is 32.2. The van der Waals surface area contributed by atoms with Crippen molar-refractivity contribution < 1.29 is 4.79 Å². The minimum atomic E-state index is -0.251. The highest BCUT2D eigenvalue weighted by Gasteiger charge is 2.31. The SMILES string of the molecule is CCCn1c(SCC(=O)N2NC(c3ccc4ccccc4c3)=C[C@@H]2c2ccccc2)n[nH]c1=O. The Morgan fingerprint density at radius 1 is 1.03 bits per heavy atom. The fraction of sp³-hybridized carbons (Fsp3) is 0.192. The van der Waals surface area contributed by atoms with Crippen molar-refractivity contribution in [1.82, 2.24) is 25.2 Å². The van der Waals surface area contributed by atoms with Gasteiger partial charge in [0.25, 0.3) is 5.91 Å². The third-order valence-corrected chi connectivity index (χ3v) is 6.77. The van der Waals surface area contributed by atoms with Gasteiger partial charge in [0, 0.05) is 6.54 Å². The van der Waals surface area contributed by atoms with Gasteiger partial charge in [-0.2, -0.15) is 0 Å². The molecule has 5 rings (SSSR count). The first-order valence-corrected chi connectivity index (χ1v) is 12.3. The number of amides is 1. The van der Waals surface area contributed by atoms with Crippen LogP contribution in [0.15, 0.2) is 88.8 Å². The zero-order valence-electron chi connectivity index (χ0n) is 18.8. The summed E-state index contributed by atoms with van der Waals surface area (Å²) >= 11 is 1.27. The van der Waals surface area contributed by atoms with Crippen LogP contribution < -0.4 is 11.1 Å². The lowest BCUT2D eigenvalue weighted by molar-refractivity contribution is -0.131. The molecule has 0 aliphatic carbocycles. The smallest absolute Gasteiger partial charge is 0.295 e. The maximum absolute atomic E-state index is 13.4. The van der Waals surface area contributed by atoms with Crippen LogP contribution in [0, 0.1) is 0 Å². The summed E-state index contributed by atoms with van der Waals surface area (Å²) in [5, 5.41) is 11.1. The summed E-state index contributed by atoms with van der Waals surface area (Å²) in [5.41, 5.74) is 6.01. The van der Waals surface area contributed by atoms with E-state index in [1.807, 2.05) is 49.4 Å². The Kier molecular flexibility index (Phi) is 6.22. The van der Waals surface area contributed by atoms with Gasteiger partial charge in [-0.05, 0) is 40.5 Å². The van der Waals surface area contributed by atoms with Crippen LogP contribution in [0.5, 0.6) is 0 Å². The number of hydrogen-bond acceptors (Lipinski definition) is 5. The number of hydrogen-bond donors (Lipinski definition) is 2. The van der Waals surface area contributed by atoms with Gasteiger partial charge in [0.05, 0.1) is 17.5 Å². The van der Waals surface area contributed by atoms with Gasteiger partial charge in [0.2, 0.25) is 0 Å². The van der Waals surface area contributed by atoms with E-state index in [1.54, 1.807) is 9.58 Å². The van der Waals surface area contributed by atoms with Crippen molar-refractivity contribution in [3.8, 4) is 0 Å². The largest absolute Gasteiger partial charge is 0.343 e. The number of aromatic amines is 1. The van der Waals surface area contributed by atoms with Gasteiger partial charge in [0.1, 0.15) is 0 Å². The number of nitrogens with one attached hydrogen (secondary N) is 2. The van der Waals surface area contributed by atoms with Crippen molar-refractivity contribution in [2.75, 3.05) is 5.75 Å². The summed E-state index contributed by atoms with van der Waals surface area (Å²) in [7, 11) is 0. The Morgan fingerprint density at radius 3 is 2.59 bits per heavy atom. The summed E-state index contributed by atoms with van der Waals surface area (Å²) in [6.45, 7) is 2.56. The summed E-state index contributed by atoms with van der Waals surface area (Å²) in [6.07, 6.45) is 2.90. The summed E-state index contributed by atoms with van der Waals surface area (Å²) in [4.78, 5) is 25.3. The number of thioether (sulfide) groups is 1. The fourth-order valence-electron chi connectivity index (χ4n) is 4.13. The monoisotopic (exact) mass is 471 g/mol. The van der Waals surface area contributed by atoms with Gasteiger partial charge in [-0.15, -0.1) is 5.10 Å². The van der Waals surface area contributed by atoms with E-state index in [4.69, 9.17) is 0 Å². The van der Waals surface area contributed by atoms with Crippen molar-refractivity contribution >= 4 is 34.1 Å². The zero-order valence-corrected chi connectivity index (χ0v) is 19.6. The molecule has 1 atom stereocenters. The van der Waals surface area contributed by atoms with Crippen molar-refractivity contribution in [2.24, 2.45) is 0 Å². The Labute approximate surface area is 201 Å². The number of hydrazine groups is 1. The van der Waals surface area contributed by atoms with E-state index in [9.17, 15) is 9.59 Å². The lowest BCUT2D eigenvalue weighted by Gasteiger charge is -2.25. The first-order chi connectivity index (χ1) is 16.6. The molecule has 4 aromatic rings. The van der Waals surface area contributed by atoms with E-state index in [1.165, 1.54) is 17.1 Å². The molecule has 0 bridgehead atoms. The average Bonchev–Trinajstić information content (AvgIpc) is 3.47. The van der Waals surface area contributed by atoms with Crippen LogP contribution >= 0.6 is 11.8 Å². The molecule has 3 aromatic carbocycles. The van der Waals surface area contributed by atoms with Crippen molar-refractivity contribution in [3.63, 3.8) is 0 Å². The first kappa shape index (κ1) is 22.0. The van der Waals surface area contributed by atoms with E-state index in [0.717, 1.165) is 28.6 Å². The van der Waals surface area contributed by atoms with E-state index in [0.29, 0.717) is 11.7 Å². The molecule has 2 N–H and O–H groups in total. The highest BCUT2D eigenvalue weighted by molar-refractivity contribution is 7.99. The van der Waals surface area contributed by atoms with Gasteiger partial charge < -0.3 is 0 Å². The van der Waals surface area contributed by atoms with Gasteiger partial charge in [0.15, 0.2) is 5.16 Å². The number of nitrogens with zero attached hydrogens (tertiary/aromatic N) is 3. The van der Waals surface area contributed by atoms with Gasteiger partial charge in [-0.3, -0.25) is 14.8 Å². The predicted octanol–water partition coefficient (Wildman–Crippen LogP) is 4.36. The molecular formula is C26H25N5O2S. The van der Waals surface area contributed by atoms with Crippen LogP contribution in [-0.4, -0.2) is 31.4 Å². The van der Waals surface area contributed by atoms with E-state index in [-0.39, 0.29) is 23.4 Å². The topological polar surface area (TPSA) is 83.0 Å². The second-order valence-corrected chi connectivity index (χ2v) is 9.07. The Balaban J connectivity index is 1.40. The molecule has 7 nitrogen and oxygen atoms in total. The second-order valence-electron chi connectivity index (χ2n) is 8.12. The van der Waals surface area contributed by atoms with Crippen molar-refractivity contribution in [3.05, 3.63) is 100 Å². The van der Waals surface area contributed by atoms with Crippen LogP contribution in [0.2, 0.25) is 0 Å². The molecule has 172 valence electrons. The number of benzene rings is 3. The molecule has 1 aliphatic rings. The van der Waals surface area contributed by atoms with Crippen molar-refractivity contribution in [1.29, 1.82) is 0 Å². The van der Waals surface area contributed by atoms with Crippen molar-refractivity contribution in [2.45, 2.75) is 31.1 Å². The van der Waals surface area contributed by atoms with Crippen LogP contribution in [0.3, 0.4) is 0 Å². The number of rotatable bonds is 7. The fourth-order valence-corrected chi connectivity index (χ4v) is 4.96. The molecule has 34 heavy (non-hydrogen) atoms. The molecule has 0 saturated heterocycles. The molecule has 0 saturated carbocycles. The van der Waals surface area contributed by atoms with Gasteiger partial charge >= 0.3 is 5.69 Å². The highest BCUT2D eigenvalue weighted by Crippen LogP contribution is 2.33. The molecule has 8 heteroatoms. The number of carbonyl (C=O) groups is 1. The first-order valence-electron chi connectivity index (χ1n) is 11.3. The third-order valence-electron chi connectivity index (χ3n) is 5.81. The third kappa shape index (κ3) is 4.36. The quantitative estimate of drug-likeness (QED) is 0.392. The Bertz CT molecular complexity index is 1410. The Morgan fingerprint density at radius 2 is 1.79 bits per heavy atom. The van der Waals surface area contributed by atoms with Gasteiger partial charge in [-0.1, -0.05) is 85.4 Å². The number of H-pyrrole nitrogens is 1. The standard InChI is InChI=1S/C26H25N5O2S/c1-2-14-30-25(33)27-28-26(30)34-17-24(32)31-23(19-9-4-3-5-10-19)16-22(29-31)21-13-12-18-8-6-7-11-20(18)15-21/h3-13,15-16,23,29H,2,14,17H2,1H3,(H,27,33)/t23-/m1/s1.